The molecule has 0 unspecified atom stereocenters. The fourth-order valence-corrected chi connectivity index (χ4v) is 3.56. The summed E-state index contributed by atoms with van der Waals surface area (Å²) in [7, 11) is 0. The maximum absolute atomic E-state index is 5.34. The molecule has 0 aliphatic carbocycles. The van der Waals surface area contributed by atoms with Gasteiger partial charge in [-0.25, -0.2) is 0 Å². The number of hydrogen-bond donors (Lipinski definition) is 1. The second-order valence-electron chi connectivity index (χ2n) is 5.15. The molecule has 0 spiro atoms. The molecule has 0 radical (unpaired) electrons. The Balaban J connectivity index is 1.93. The lowest BCUT2D eigenvalue weighted by molar-refractivity contribution is 0.518. The van der Waals surface area contributed by atoms with Crippen LogP contribution in [0.4, 0.5) is 5.69 Å². The lowest BCUT2D eigenvalue weighted by Crippen LogP contribution is -1.99. The number of furan rings is 1. The molecule has 4 nitrogen and oxygen atoms in total. The van der Waals surface area contributed by atoms with Gasteiger partial charge in [0, 0.05) is 11.3 Å². The van der Waals surface area contributed by atoms with Gasteiger partial charge in [0.25, 0.3) is 0 Å². The fourth-order valence-electron chi connectivity index (χ4n) is 2.22. The lowest BCUT2D eigenvalue weighted by Gasteiger charge is -2.04. The Morgan fingerprint density at radius 1 is 1.48 bits per heavy atom. The topological polar surface area (TPSA) is 51.0 Å². The van der Waals surface area contributed by atoms with E-state index in [9.17, 15) is 0 Å². The number of aryl methyl sites for hydroxylation is 1. The molecule has 0 saturated heterocycles. The number of hydrogen-bond acceptors (Lipinski definition) is 5. The molecule has 21 heavy (non-hydrogen) atoms. The van der Waals surface area contributed by atoms with E-state index in [1.807, 2.05) is 19.1 Å². The van der Waals surface area contributed by atoms with Gasteiger partial charge in [0.05, 0.1) is 29.4 Å². The second-order valence-corrected chi connectivity index (χ2v) is 6.26. The van der Waals surface area contributed by atoms with Crippen molar-refractivity contribution in [3.63, 3.8) is 0 Å². The first-order valence-electron chi connectivity index (χ1n) is 6.79. The van der Waals surface area contributed by atoms with Crippen LogP contribution >= 0.6 is 11.3 Å². The first-order valence-corrected chi connectivity index (χ1v) is 7.61. The molecule has 1 N–H and O–H groups in total. The van der Waals surface area contributed by atoms with E-state index in [4.69, 9.17) is 4.42 Å². The molecule has 3 heterocycles. The maximum atomic E-state index is 5.34. The minimum absolute atomic E-state index is 0.639. The van der Waals surface area contributed by atoms with E-state index < -0.39 is 0 Å². The van der Waals surface area contributed by atoms with Gasteiger partial charge in [-0.15, -0.1) is 16.4 Å². The van der Waals surface area contributed by atoms with Gasteiger partial charge in [-0.05, 0) is 31.5 Å². The Kier molecular flexibility index (Phi) is 3.75. The zero-order chi connectivity index (χ0) is 14.8. The maximum Gasteiger partial charge on any atom is 0.122 e. The lowest BCUT2D eigenvalue weighted by atomic mass is 10.1. The van der Waals surface area contributed by atoms with Crippen molar-refractivity contribution >= 4 is 27.2 Å². The summed E-state index contributed by atoms with van der Waals surface area (Å²) in [5, 5.41) is 11.8. The van der Waals surface area contributed by atoms with Crippen LogP contribution in [0.5, 0.6) is 0 Å². The van der Waals surface area contributed by atoms with Crippen LogP contribution in [0.2, 0.25) is 0 Å². The van der Waals surface area contributed by atoms with Gasteiger partial charge >= 0.3 is 0 Å². The molecule has 108 valence electrons. The molecule has 0 aliphatic heterocycles. The second kappa shape index (κ2) is 5.69. The van der Waals surface area contributed by atoms with Crippen molar-refractivity contribution in [3.05, 3.63) is 52.9 Å². The zero-order valence-corrected chi connectivity index (χ0v) is 13.0. The molecule has 0 amide bonds. The number of anilines is 1. The van der Waals surface area contributed by atoms with Gasteiger partial charge in [-0.1, -0.05) is 12.2 Å². The summed E-state index contributed by atoms with van der Waals surface area (Å²) in [6.45, 7) is 8.78. The fraction of sp³-hybridized carbons (Fsp3) is 0.250. The summed E-state index contributed by atoms with van der Waals surface area (Å²) >= 11 is 1.76. The summed E-state index contributed by atoms with van der Waals surface area (Å²) < 4.78 is 6.49. The summed E-state index contributed by atoms with van der Waals surface area (Å²) in [5.41, 5.74) is 4.33. The third-order valence-corrected chi connectivity index (χ3v) is 4.61. The average Bonchev–Trinajstić information content (AvgIpc) is 3.06. The highest BCUT2D eigenvalue weighted by atomic mass is 32.1. The number of rotatable bonds is 5. The highest BCUT2D eigenvalue weighted by molar-refractivity contribution is 7.19. The van der Waals surface area contributed by atoms with Crippen molar-refractivity contribution in [3.8, 4) is 0 Å². The van der Waals surface area contributed by atoms with E-state index in [1.165, 1.54) is 10.4 Å². The van der Waals surface area contributed by atoms with Crippen molar-refractivity contribution in [2.24, 2.45) is 0 Å². The third kappa shape index (κ3) is 2.83. The summed E-state index contributed by atoms with van der Waals surface area (Å²) in [5.74, 6) is 0.899. The number of nitrogens with zero attached hydrogens (tertiary/aromatic N) is 2. The Labute approximate surface area is 127 Å². The van der Waals surface area contributed by atoms with Crippen LogP contribution in [0, 0.1) is 6.92 Å². The van der Waals surface area contributed by atoms with E-state index in [0.29, 0.717) is 6.54 Å². The van der Waals surface area contributed by atoms with Gasteiger partial charge in [-0.2, -0.15) is 5.10 Å². The van der Waals surface area contributed by atoms with Crippen LogP contribution in [0.25, 0.3) is 10.2 Å². The average molecular weight is 299 g/mol. The first-order chi connectivity index (χ1) is 10.1. The number of fused-ring (bicyclic) bond motifs is 1. The molecule has 0 fully saturated rings. The normalized spacial score (nSPS) is 11.0. The van der Waals surface area contributed by atoms with Crippen LogP contribution < -0.4 is 5.32 Å². The molecule has 3 rings (SSSR count). The first kappa shape index (κ1) is 13.8. The van der Waals surface area contributed by atoms with Gasteiger partial charge in [0.2, 0.25) is 0 Å². The Morgan fingerprint density at radius 2 is 2.33 bits per heavy atom. The monoisotopic (exact) mass is 299 g/mol. The van der Waals surface area contributed by atoms with Crippen LogP contribution in [-0.2, 0) is 13.0 Å². The number of thiophene rings is 1. The Bertz CT molecular complexity index is 774. The van der Waals surface area contributed by atoms with Crippen LogP contribution in [0.1, 0.15) is 23.1 Å². The predicted molar refractivity (Wildman–Crippen MR) is 86.7 cm³/mol. The van der Waals surface area contributed by atoms with Gasteiger partial charge in [0.15, 0.2) is 0 Å². The van der Waals surface area contributed by atoms with Gasteiger partial charge in [-0.3, -0.25) is 0 Å². The van der Waals surface area contributed by atoms with E-state index in [1.54, 1.807) is 23.8 Å². The molecule has 0 atom stereocenters. The Morgan fingerprint density at radius 3 is 3.05 bits per heavy atom. The van der Waals surface area contributed by atoms with Crippen molar-refractivity contribution in [2.75, 3.05) is 5.32 Å². The van der Waals surface area contributed by atoms with E-state index in [0.717, 1.165) is 33.7 Å². The molecular formula is C16H17N3OS. The molecule has 0 aromatic carbocycles. The van der Waals surface area contributed by atoms with Gasteiger partial charge < -0.3 is 9.73 Å². The summed E-state index contributed by atoms with van der Waals surface area (Å²) in [4.78, 5) is 1.30. The molecule has 0 aliphatic rings. The highest BCUT2D eigenvalue weighted by Crippen LogP contribution is 2.35. The van der Waals surface area contributed by atoms with E-state index >= 15 is 0 Å². The number of nitrogens with one attached hydrogen (secondary N) is 1. The van der Waals surface area contributed by atoms with Gasteiger partial charge in [0.1, 0.15) is 11.3 Å². The van der Waals surface area contributed by atoms with Crippen molar-refractivity contribution in [2.45, 2.75) is 26.8 Å². The summed E-state index contributed by atoms with van der Waals surface area (Å²) in [6, 6.07) is 3.84. The SMILES string of the molecule is C=C(C)Cc1sc2c(NCc3ccco3)cnnc2c1C. The van der Waals surface area contributed by atoms with Crippen LogP contribution in [-0.4, -0.2) is 10.2 Å². The van der Waals surface area contributed by atoms with Crippen molar-refractivity contribution in [1.82, 2.24) is 10.2 Å². The third-order valence-electron chi connectivity index (χ3n) is 3.30. The molecule has 3 aromatic heterocycles. The largest absolute Gasteiger partial charge is 0.467 e. The zero-order valence-electron chi connectivity index (χ0n) is 12.1. The standard InChI is InChI=1S/C16H17N3OS/c1-10(2)7-14-11(3)15-16(21-14)13(9-18-19-15)17-8-12-5-4-6-20-12/h4-6,9H,1,7-8H2,2-3H3,(H,17,19). The number of allylic oxidation sites excluding steroid dienone is 1. The smallest absolute Gasteiger partial charge is 0.122 e. The highest BCUT2D eigenvalue weighted by Gasteiger charge is 2.13. The quantitative estimate of drug-likeness (QED) is 0.713. The molecular weight excluding hydrogens is 282 g/mol. The van der Waals surface area contributed by atoms with E-state index in [2.05, 4.69) is 29.0 Å². The molecule has 5 heteroatoms. The van der Waals surface area contributed by atoms with Crippen LogP contribution in [0.15, 0.2) is 41.2 Å². The van der Waals surface area contributed by atoms with Crippen molar-refractivity contribution in [1.29, 1.82) is 0 Å². The molecule has 0 saturated carbocycles. The van der Waals surface area contributed by atoms with Crippen molar-refractivity contribution < 1.29 is 4.42 Å². The Hall–Kier alpha value is -2.14. The van der Waals surface area contributed by atoms with Crippen LogP contribution in [0.3, 0.4) is 0 Å². The minimum atomic E-state index is 0.639. The molecule has 0 bridgehead atoms. The molecule has 3 aromatic rings. The predicted octanol–water partition coefficient (Wildman–Crippen LogP) is 4.32. The number of aromatic nitrogens is 2. The minimum Gasteiger partial charge on any atom is -0.467 e. The summed E-state index contributed by atoms with van der Waals surface area (Å²) in [6.07, 6.45) is 4.34. The van der Waals surface area contributed by atoms with E-state index in [-0.39, 0.29) is 0 Å².